The lowest BCUT2D eigenvalue weighted by molar-refractivity contribution is -0.157. The number of carbonyl (C=O) groups is 5. The number of cyclic esters (lactones) is 2. The van der Waals surface area contributed by atoms with Crippen LogP contribution in [0.25, 0.3) is 11.4 Å². The van der Waals surface area contributed by atoms with Crippen LogP contribution in [0.5, 0.6) is 0 Å². The quantitative estimate of drug-likeness (QED) is 0.0641. The second-order valence-corrected chi connectivity index (χ2v) is 17.4. The summed E-state index contributed by atoms with van der Waals surface area (Å²) in [4.78, 5) is 85.6. The molecular formula is C44H47N6O13P. The number of hydrogen-bond donors (Lipinski definition) is 1. The van der Waals surface area contributed by atoms with Crippen LogP contribution in [0.1, 0.15) is 81.1 Å². The number of fused-ring (bicyclic) bond motifs is 2. The number of methoxy groups -OCH3 is 1. The summed E-state index contributed by atoms with van der Waals surface area (Å²) in [5.41, 5.74) is 1.35. The number of carbonyl (C=O) groups excluding carboxylic acids is 5. The maximum atomic E-state index is 15.4. The summed E-state index contributed by atoms with van der Waals surface area (Å²) in [5, 5.41) is 4.11. The van der Waals surface area contributed by atoms with Gasteiger partial charge in [0.1, 0.15) is 17.6 Å². The van der Waals surface area contributed by atoms with Crippen molar-refractivity contribution in [3.05, 3.63) is 113 Å². The zero-order valence-electron chi connectivity index (χ0n) is 35.2. The molecule has 2 amide bonds. The highest BCUT2D eigenvalue weighted by Crippen LogP contribution is 2.58. The summed E-state index contributed by atoms with van der Waals surface area (Å²) >= 11 is 0. The minimum absolute atomic E-state index is 0.0200. The number of esters is 2. The number of unbranched alkanes of at least 4 members (excludes halogenated alkanes) is 1. The van der Waals surface area contributed by atoms with Gasteiger partial charge in [-0.1, -0.05) is 80.1 Å². The van der Waals surface area contributed by atoms with E-state index in [0.717, 1.165) is 12.8 Å². The molecular weight excluding hydrogens is 851 g/mol. The highest BCUT2D eigenvalue weighted by molar-refractivity contribution is 7.54. The molecule has 19 nitrogen and oxygen atoms in total. The molecule has 2 fully saturated rings. The number of hydrogen-bond acceptors (Lipinski definition) is 17. The van der Waals surface area contributed by atoms with Crippen molar-refractivity contribution in [2.45, 2.75) is 50.9 Å². The highest BCUT2D eigenvalue weighted by Gasteiger charge is 2.46. The summed E-state index contributed by atoms with van der Waals surface area (Å²) in [6.07, 6.45) is -2.64. The molecule has 5 heterocycles. The first-order valence-corrected chi connectivity index (χ1v) is 22.7. The molecule has 8 rings (SSSR count). The summed E-state index contributed by atoms with van der Waals surface area (Å²) in [6.45, 7) is 3.47. The molecule has 3 unspecified atom stereocenters. The lowest BCUT2D eigenvalue weighted by Crippen LogP contribution is -2.56. The number of benzene rings is 3. The van der Waals surface area contributed by atoms with Crippen LogP contribution in [0.2, 0.25) is 0 Å². The van der Waals surface area contributed by atoms with Gasteiger partial charge in [0.2, 0.25) is 18.5 Å². The zero-order valence-corrected chi connectivity index (χ0v) is 36.1. The SMILES string of the molecule is CCCCOC(=O)ON1CCN(C(=O)C(CP(=O)(OC2OC(=O)c3ccccc32)O[C@H]2OC(=O)c3ccccc32)NC(=O)c2cc(N3CC[C@H](OC)C3)nc(-c3ccccc3)n2)CC1. The normalized spacial score (nSPS) is 20.7. The Bertz CT molecular complexity index is 2360. The molecule has 0 bridgehead atoms. The first-order valence-electron chi connectivity index (χ1n) is 21.0. The average molecular weight is 899 g/mol. The van der Waals surface area contributed by atoms with Gasteiger partial charge < -0.3 is 38.9 Å². The Morgan fingerprint density at radius 2 is 1.47 bits per heavy atom. The van der Waals surface area contributed by atoms with E-state index in [1.807, 2.05) is 30.0 Å². The van der Waals surface area contributed by atoms with Crippen LogP contribution < -0.4 is 10.2 Å². The van der Waals surface area contributed by atoms with E-state index < -0.39 is 62.3 Å². The maximum Gasteiger partial charge on any atom is 0.527 e. The number of nitrogens with one attached hydrogen (secondary N) is 1. The van der Waals surface area contributed by atoms with E-state index in [2.05, 4.69) is 10.3 Å². The van der Waals surface area contributed by atoms with E-state index in [1.54, 1.807) is 55.6 Å². The van der Waals surface area contributed by atoms with Crippen LogP contribution in [-0.4, -0.2) is 121 Å². The fraction of sp³-hybridized carbons (Fsp3) is 0.386. The van der Waals surface area contributed by atoms with Crippen molar-refractivity contribution in [2.24, 2.45) is 0 Å². The molecule has 0 saturated carbocycles. The molecule has 0 radical (unpaired) electrons. The molecule has 4 aliphatic heterocycles. The second kappa shape index (κ2) is 19.7. The van der Waals surface area contributed by atoms with Crippen molar-refractivity contribution in [1.29, 1.82) is 0 Å². The molecule has 2 saturated heterocycles. The summed E-state index contributed by atoms with van der Waals surface area (Å²) in [6, 6.07) is 21.6. The average Bonchev–Trinajstić information content (AvgIpc) is 4.01. The Morgan fingerprint density at radius 1 is 0.844 bits per heavy atom. The van der Waals surface area contributed by atoms with Crippen molar-refractivity contribution in [1.82, 2.24) is 25.2 Å². The molecule has 4 aromatic rings. The van der Waals surface area contributed by atoms with Gasteiger partial charge in [-0.3, -0.25) is 23.2 Å². The number of aromatic nitrogens is 2. The summed E-state index contributed by atoms with van der Waals surface area (Å²) in [5.74, 6) is -2.31. The molecule has 64 heavy (non-hydrogen) atoms. The number of anilines is 1. The third-order valence-corrected chi connectivity index (χ3v) is 12.9. The number of rotatable bonds is 16. The van der Waals surface area contributed by atoms with Gasteiger partial charge in [0, 0.05) is 56.0 Å². The monoisotopic (exact) mass is 898 g/mol. The predicted molar refractivity (Wildman–Crippen MR) is 226 cm³/mol. The molecule has 0 spiro atoms. The molecule has 1 aromatic heterocycles. The van der Waals surface area contributed by atoms with Gasteiger partial charge in [-0.25, -0.2) is 24.4 Å². The smallest absolute Gasteiger partial charge is 0.433 e. The van der Waals surface area contributed by atoms with E-state index in [9.17, 15) is 24.0 Å². The van der Waals surface area contributed by atoms with Gasteiger partial charge in [-0.05, 0) is 25.0 Å². The first kappa shape index (κ1) is 44.4. The van der Waals surface area contributed by atoms with Crippen molar-refractivity contribution < 1.29 is 61.4 Å². The Labute approximate surface area is 368 Å². The first-order chi connectivity index (χ1) is 31.0. The van der Waals surface area contributed by atoms with Gasteiger partial charge in [-0.2, -0.15) is 0 Å². The van der Waals surface area contributed by atoms with Crippen LogP contribution in [0.3, 0.4) is 0 Å². The van der Waals surface area contributed by atoms with Crippen molar-refractivity contribution in [2.75, 3.05) is 64.0 Å². The number of ether oxygens (including phenoxy) is 4. The number of amides is 2. The van der Waals surface area contributed by atoms with Crippen molar-refractivity contribution in [3.63, 3.8) is 0 Å². The van der Waals surface area contributed by atoms with Gasteiger partial charge >= 0.3 is 25.7 Å². The Hall–Kier alpha value is -6.24. The van der Waals surface area contributed by atoms with Gasteiger partial charge in [0.25, 0.3) is 5.91 Å². The molecule has 3 aromatic carbocycles. The number of hydroxylamine groups is 2. The van der Waals surface area contributed by atoms with Crippen molar-refractivity contribution in [3.8, 4) is 11.4 Å². The minimum atomic E-state index is -4.80. The lowest BCUT2D eigenvalue weighted by atomic mass is 10.1. The summed E-state index contributed by atoms with van der Waals surface area (Å²) in [7, 11) is -3.17. The topological polar surface area (TPSA) is 215 Å². The molecule has 0 aliphatic carbocycles. The molecule has 1 N–H and O–H groups in total. The Morgan fingerprint density at radius 3 is 2.08 bits per heavy atom. The standard InChI is InChI=1S/C44H47N6O13P/c1-3-4-24-58-44(55)61-50-22-20-48(21-23-50)39(52)35(46-38(51)34-25-36(49-19-18-29(26-49)57-2)47-37(45-34)28-12-6-5-7-13-28)27-64(56,62-42-32-16-10-8-14-30(32)40(53)59-42)63-43-33-17-11-9-15-31(33)41(54)60-43/h5-17,25,29,35,42-43H,3-4,18-24,26-27H2,1-2H3,(H,46,51)/t29-,35?,42+,43?,64?/m0/s1. The Balaban J connectivity index is 1.12. The van der Waals surface area contributed by atoms with E-state index in [1.165, 1.54) is 28.2 Å². The fourth-order valence-corrected chi connectivity index (χ4v) is 9.45. The van der Waals surface area contributed by atoms with Gasteiger partial charge in [-0.15, -0.1) is 5.06 Å². The minimum Gasteiger partial charge on any atom is -0.433 e. The zero-order chi connectivity index (χ0) is 44.8. The third kappa shape index (κ3) is 10.1. The van der Waals surface area contributed by atoms with E-state index in [4.69, 9.17) is 37.8 Å². The third-order valence-electron chi connectivity index (χ3n) is 11.1. The van der Waals surface area contributed by atoms with Crippen LogP contribution in [0.4, 0.5) is 10.6 Å². The highest BCUT2D eigenvalue weighted by atomic mass is 31.2. The second-order valence-electron chi connectivity index (χ2n) is 15.4. The Kier molecular flexibility index (Phi) is 13.6. The van der Waals surface area contributed by atoms with E-state index in [0.29, 0.717) is 30.9 Å². The molecule has 336 valence electrons. The number of piperazine rings is 1. The molecule has 20 heteroatoms. The fourth-order valence-electron chi connectivity index (χ4n) is 7.64. The number of nitrogens with zero attached hydrogens (tertiary/aromatic N) is 5. The van der Waals surface area contributed by atoms with E-state index >= 15 is 4.57 Å². The largest absolute Gasteiger partial charge is 0.527 e. The van der Waals surface area contributed by atoms with Crippen LogP contribution in [-0.2, 0) is 42.2 Å². The maximum absolute atomic E-state index is 15.4. The van der Waals surface area contributed by atoms with Gasteiger partial charge in [0.05, 0.1) is 43.1 Å². The predicted octanol–water partition coefficient (Wildman–Crippen LogP) is 5.44. The van der Waals surface area contributed by atoms with Crippen LogP contribution in [0, 0.1) is 0 Å². The van der Waals surface area contributed by atoms with Crippen LogP contribution in [0.15, 0.2) is 84.9 Å². The summed E-state index contributed by atoms with van der Waals surface area (Å²) < 4.78 is 49.3. The molecule has 4 aliphatic rings. The lowest BCUT2D eigenvalue weighted by Gasteiger charge is -2.35. The van der Waals surface area contributed by atoms with Gasteiger partial charge in [0.15, 0.2) is 5.82 Å². The van der Waals surface area contributed by atoms with E-state index in [-0.39, 0.29) is 72.7 Å². The molecule has 5 atom stereocenters. The van der Waals surface area contributed by atoms with Crippen LogP contribution >= 0.6 is 7.60 Å². The van der Waals surface area contributed by atoms with Crippen molar-refractivity contribution >= 4 is 43.3 Å².